The Kier molecular flexibility index (Phi) is 8.25. The van der Waals surface area contributed by atoms with E-state index in [9.17, 15) is 13.2 Å². The van der Waals surface area contributed by atoms with Crippen LogP contribution in [0.3, 0.4) is 0 Å². The molecule has 1 N–H and O–H groups in total. The predicted octanol–water partition coefficient (Wildman–Crippen LogP) is 4.81. The molecule has 2 rings (SSSR count). The van der Waals surface area contributed by atoms with E-state index in [1.165, 1.54) is 12.1 Å². The van der Waals surface area contributed by atoms with Crippen molar-refractivity contribution in [3.8, 4) is 0 Å². The molecule has 7 heteroatoms. The summed E-state index contributed by atoms with van der Waals surface area (Å²) in [7, 11) is -0.0251. The molecule has 0 heterocycles. The summed E-state index contributed by atoms with van der Waals surface area (Å²) in [6, 6.07) is 10.6. The van der Waals surface area contributed by atoms with Crippen molar-refractivity contribution in [1.82, 2.24) is 9.62 Å². The first kappa shape index (κ1) is 24.6. The predicted molar refractivity (Wildman–Crippen MR) is 125 cm³/mol. The van der Waals surface area contributed by atoms with Crippen molar-refractivity contribution in [3.05, 3.63) is 63.1 Å². The van der Waals surface area contributed by atoms with Crippen molar-refractivity contribution in [1.29, 1.82) is 0 Å². The van der Waals surface area contributed by atoms with Gasteiger partial charge in [-0.2, -0.15) is 0 Å². The van der Waals surface area contributed by atoms with Crippen LogP contribution in [0, 0.1) is 0 Å². The summed E-state index contributed by atoms with van der Waals surface area (Å²) < 4.78 is 28.6. The minimum absolute atomic E-state index is 0.0201. The molecular formula is C23H31BrN2O3S. The first-order valence-corrected chi connectivity index (χ1v) is 12.3. The number of carbonyl (C=O) groups excluding carboxylic acids is 1. The number of benzene rings is 2. The highest BCUT2D eigenvalue weighted by Gasteiger charge is 2.22. The summed E-state index contributed by atoms with van der Waals surface area (Å²) in [6.07, 6.45) is 0.0201. The maximum absolute atomic E-state index is 12.7. The average Bonchev–Trinajstić information content (AvgIpc) is 2.61. The zero-order chi connectivity index (χ0) is 22.6. The molecule has 0 radical (unpaired) electrons. The summed E-state index contributed by atoms with van der Waals surface area (Å²) in [5.41, 5.74) is 4.00. The standard InChI is InChI=1S/C23H31BrN2O3S/c1-15(2)20-11-18(24)12-21(16(3)4)22(20)13-23(27)25-30(28,29)19-9-7-17(8-10-19)14-26(5)6/h7-12,15-16H,13-14H2,1-6H3,(H,25,27). The molecule has 0 aromatic heterocycles. The Labute approximate surface area is 189 Å². The fourth-order valence-corrected chi connectivity index (χ4v) is 4.94. The minimum Gasteiger partial charge on any atom is -0.305 e. The lowest BCUT2D eigenvalue weighted by Crippen LogP contribution is -2.32. The van der Waals surface area contributed by atoms with Crippen LogP contribution in [0.5, 0.6) is 0 Å². The minimum atomic E-state index is -3.92. The Balaban J connectivity index is 2.26. The van der Waals surface area contributed by atoms with Crippen LogP contribution in [0.2, 0.25) is 0 Å². The van der Waals surface area contributed by atoms with Gasteiger partial charge in [0, 0.05) is 11.0 Å². The van der Waals surface area contributed by atoms with E-state index in [2.05, 4.69) is 48.3 Å². The summed E-state index contributed by atoms with van der Waals surface area (Å²) in [5, 5.41) is 0. The number of hydrogen-bond acceptors (Lipinski definition) is 4. The van der Waals surface area contributed by atoms with Crippen molar-refractivity contribution < 1.29 is 13.2 Å². The molecule has 0 saturated carbocycles. The van der Waals surface area contributed by atoms with Gasteiger partial charge in [0.2, 0.25) is 5.91 Å². The summed E-state index contributed by atoms with van der Waals surface area (Å²) in [4.78, 5) is 14.8. The average molecular weight is 495 g/mol. The van der Waals surface area contributed by atoms with Gasteiger partial charge in [0.05, 0.1) is 11.3 Å². The smallest absolute Gasteiger partial charge is 0.264 e. The number of sulfonamides is 1. The maximum Gasteiger partial charge on any atom is 0.264 e. The lowest BCUT2D eigenvalue weighted by atomic mass is 9.87. The molecule has 0 aliphatic carbocycles. The van der Waals surface area contributed by atoms with E-state index in [4.69, 9.17) is 0 Å². The van der Waals surface area contributed by atoms with E-state index in [1.54, 1.807) is 12.1 Å². The van der Waals surface area contributed by atoms with Crippen molar-refractivity contribution >= 4 is 31.9 Å². The second-order valence-electron chi connectivity index (χ2n) is 8.46. The van der Waals surface area contributed by atoms with Gasteiger partial charge in [-0.15, -0.1) is 0 Å². The van der Waals surface area contributed by atoms with Gasteiger partial charge in [-0.3, -0.25) is 4.79 Å². The molecule has 5 nitrogen and oxygen atoms in total. The van der Waals surface area contributed by atoms with Crippen LogP contribution in [0.1, 0.15) is 61.8 Å². The molecule has 164 valence electrons. The highest BCUT2D eigenvalue weighted by Crippen LogP contribution is 2.32. The second-order valence-corrected chi connectivity index (χ2v) is 11.1. The van der Waals surface area contributed by atoms with E-state index in [0.717, 1.165) is 26.7 Å². The van der Waals surface area contributed by atoms with Gasteiger partial charge in [-0.05, 0) is 72.5 Å². The van der Waals surface area contributed by atoms with Crippen molar-refractivity contribution in [2.24, 2.45) is 0 Å². The van der Waals surface area contributed by atoms with Gasteiger partial charge >= 0.3 is 0 Å². The molecule has 0 atom stereocenters. The van der Waals surface area contributed by atoms with Crippen molar-refractivity contribution in [3.63, 3.8) is 0 Å². The zero-order valence-electron chi connectivity index (χ0n) is 18.5. The fraction of sp³-hybridized carbons (Fsp3) is 0.435. The number of halogens is 1. The maximum atomic E-state index is 12.7. The molecule has 0 saturated heterocycles. The Bertz CT molecular complexity index is 969. The van der Waals surface area contributed by atoms with Crippen LogP contribution in [-0.4, -0.2) is 33.3 Å². The Morgan fingerprint density at radius 3 is 1.93 bits per heavy atom. The summed E-state index contributed by atoms with van der Waals surface area (Å²) in [5.74, 6) is -0.106. The largest absolute Gasteiger partial charge is 0.305 e. The third-order valence-electron chi connectivity index (χ3n) is 4.85. The molecule has 30 heavy (non-hydrogen) atoms. The van der Waals surface area contributed by atoms with Gasteiger partial charge in [0.15, 0.2) is 0 Å². The normalized spacial score (nSPS) is 12.1. The van der Waals surface area contributed by atoms with Gasteiger partial charge in [-0.1, -0.05) is 55.8 Å². The number of nitrogens with zero attached hydrogens (tertiary/aromatic N) is 1. The molecule has 2 aromatic carbocycles. The van der Waals surface area contributed by atoms with Gasteiger partial charge < -0.3 is 4.90 Å². The van der Waals surface area contributed by atoms with Gasteiger partial charge in [0.25, 0.3) is 10.0 Å². The lowest BCUT2D eigenvalue weighted by Gasteiger charge is -2.20. The van der Waals surface area contributed by atoms with Crippen LogP contribution >= 0.6 is 15.9 Å². The lowest BCUT2D eigenvalue weighted by molar-refractivity contribution is -0.118. The van der Waals surface area contributed by atoms with Crippen molar-refractivity contribution in [2.45, 2.75) is 57.4 Å². The number of hydrogen-bond donors (Lipinski definition) is 1. The molecule has 1 amide bonds. The number of rotatable bonds is 8. The summed E-state index contributed by atoms with van der Waals surface area (Å²) >= 11 is 3.55. The first-order valence-electron chi connectivity index (χ1n) is 10.0. The molecule has 0 bridgehead atoms. The van der Waals surface area contributed by atoms with E-state index in [-0.39, 0.29) is 23.2 Å². The fourth-order valence-electron chi connectivity index (χ4n) is 3.46. The molecule has 2 aromatic rings. The highest BCUT2D eigenvalue weighted by atomic mass is 79.9. The van der Waals surface area contributed by atoms with Gasteiger partial charge in [-0.25, -0.2) is 13.1 Å². The molecule has 0 fully saturated rings. The van der Waals surface area contributed by atoms with E-state index < -0.39 is 15.9 Å². The monoisotopic (exact) mass is 494 g/mol. The molecule has 0 spiro atoms. The first-order chi connectivity index (χ1) is 13.9. The second kappa shape index (κ2) is 10.1. The Morgan fingerprint density at radius 2 is 1.50 bits per heavy atom. The molecular weight excluding hydrogens is 464 g/mol. The van der Waals surface area contributed by atoms with Crippen LogP contribution in [-0.2, 0) is 27.8 Å². The Hall–Kier alpha value is -1.70. The molecule has 0 aliphatic rings. The summed E-state index contributed by atoms with van der Waals surface area (Å²) in [6.45, 7) is 8.99. The highest BCUT2D eigenvalue weighted by molar-refractivity contribution is 9.10. The quantitative estimate of drug-likeness (QED) is 0.571. The topological polar surface area (TPSA) is 66.5 Å². The third-order valence-corrected chi connectivity index (χ3v) is 6.69. The van der Waals surface area contributed by atoms with E-state index >= 15 is 0 Å². The number of amides is 1. The third kappa shape index (κ3) is 6.40. The van der Waals surface area contributed by atoms with Gasteiger partial charge in [0.1, 0.15) is 0 Å². The number of nitrogens with one attached hydrogen (secondary N) is 1. The molecule has 0 aliphatic heterocycles. The van der Waals surface area contributed by atoms with Crippen LogP contribution in [0.4, 0.5) is 0 Å². The number of carbonyl (C=O) groups is 1. The molecule has 0 unspecified atom stereocenters. The zero-order valence-corrected chi connectivity index (χ0v) is 20.9. The van der Waals surface area contributed by atoms with Crippen LogP contribution in [0.15, 0.2) is 45.8 Å². The van der Waals surface area contributed by atoms with Crippen LogP contribution < -0.4 is 4.72 Å². The van der Waals surface area contributed by atoms with E-state index in [1.807, 2.05) is 31.1 Å². The van der Waals surface area contributed by atoms with Crippen LogP contribution in [0.25, 0.3) is 0 Å². The Morgan fingerprint density at radius 1 is 1.00 bits per heavy atom. The van der Waals surface area contributed by atoms with E-state index in [0.29, 0.717) is 6.54 Å². The SMILES string of the molecule is CC(C)c1cc(Br)cc(C(C)C)c1CC(=O)NS(=O)(=O)c1ccc(CN(C)C)cc1. The van der Waals surface area contributed by atoms with Crippen molar-refractivity contribution in [2.75, 3.05) is 14.1 Å².